The van der Waals surface area contributed by atoms with Crippen LogP contribution in [0.2, 0.25) is 0 Å². The Kier molecular flexibility index (Phi) is 5.46. The average Bonchev–Trinajstić information content (AvgIpc) is 1.87. The molecule has 0 aliphatic rings. The first-order valence-corrected chi connectivity index (χ1v) is 3.85. The van der Waals surface area contributed by atoms with Crippen LogP contribution in [0.5, 0.6) is 0 Å². The molecule has 1 N–H and O–H groups in total. The molecule has 0 spiro atoms. The van der Waals surface area contributed by atoms with Crippen LogP contribution in [0.3, 0.4) is 0 Å². The van der Waals surface area contributed by atoms with Gasteiger partial charge < -0.3 is 14.8 Å². The summed E-state index contributed by atoms with van der Waals surface area (Å²) in [4.78, 5) is 0. The molecule has 0 saturated heterocycles. The van der Waals surface area contributed by atoms with E-state index in [0.29, 0.717) is 0 Å². The first-order chi connectivity index (χ1) is 5.12. The van der Waals surface area contributed by atoms with Crippen LogP contribution in [0.1, 0.15) is 13.8 Å². The summed E-state index contributed by atoms with van der Waals surface area (Å²) in [6.07, 6.45) is 0. The van der Waals surface area contributed by atoms with Gasteiger partial charge in [-0.2, -0.15) is 0 Å². The zero-order chi connectivity index (χ0) is 8.74. The van der Waals surface area contributed by atoms with Crippen molar-refractivity contribution < 1.29 is 9.47 Å². The van der Waals surface area contributed by atoms with Gasteiger partial charge in [0.05, 0.1) is 13.2 Å². The van der Waals surface area contributed by atoms with Crippen molar-refractivity contribution in [3.63, 3.8) is 0 Å². The second-order valence-electron chi connectivity index (χ2n) is 3.24. The first-order valence-electron chi connectivity index (χ1n) is 3.85. The lowest BCUT2D eigenvalue weighted by Crippen LogP contribution is -2.44. The molecule has 11 heavy (non-hydrogen) atoms. The molecule has 0 aromatic rings. The lowest BCUT2D eigenvalue weighted by molar-refractivity contribution is 0.118. The molecule has 0 fully saturated rings. The van der Waals surface area contributed by atoms with Crippen LogP contribution in [0.25, 0.3) is 0 Å². The highest BCUT2D eigenvalue weighted by molar-refractivity contribution is 4.76. The zero-order valence-electron chi connectivity index (χ0n) is 7.94. The van der Waals surface area contributed by atoms with Crippen LogP contribution in [-0.4, -0.2) is 39.5 Å². The maximum atomic E-state index is 5.03. The van der Waals surface area contributed by atoms with Gasteiger partial charge in [-0.05, 0) is 13.8 Å². The van der Waals surface area contributed by atoms with E-state index in [9.17, 15) is 0 Å². The van der Waals surface area contributed by atoms with Crippen LogP contribution in [0, 0.1) is 0 Å². The summed E-state index contributed by atoms with van der Waals surface area (Å²) < 4.78 is 9.95. The van der Waals surface area contributed by atoms with Gasteiger partial charge in [0.15, 0.2) is 0 Å². The van der Waals surface area contributed by atoms with Crippen LogP contribution < -0.4 is 5.32 Å². The predicted octanol–water partition coefficient (Wildman–Crippen LogP) is 0.647. The van der Waals surface area contributed by atoms with Crippen molar-refractivity contribution in [1.82, 2.24) is 5.32 Å². The van der Waals surface area contributed by atoms with Crippen molar-refractivity contribution in [2.75, 3.05) is 34.0 Å². The summed E-state index contributed by atoms with van der Waals surface area (Å²) in [7, 11) is 3.41. The normalized spacial score (nSPS) is 12.0. The molecule has 0 amide bonds. The Balaban J connectivity index is 3.38. The molecule has 0 saturated carbocycles. The fourth-order valence-corrected chi connectivity index (χ4v) is 0.903. The molecule has 0 heterocycles. The Morgan fingerprint density at radius 2 is 1.82 bits per heavy atom. The van der Waals surface area contributed by atoms with Gasteiger partial charge in [-0.25, -0.2) is 0 Å². The van der Waals surface area contributed by atoms with Gasteiger partial charge in [-0.3, -0.25) is 0 Å². The molecule has 0 rings (SSSR count). The highest BCUT2D eigenvalue weighted by Crippen LogP contribution is 2.00. The number of nitrogens with one attached hydrogen (secondary N) is 1. The fourth-order valence-electron chi connectivity index (χ4n) is 0.903. The summed E-state index contributed by atoms with van der Waals surface area (Å²) in [6.45, 7) is 6.54. The van der Waals surface area contributed by atoms with Crippen LogP contribution >= 0.6 is 0 Å². The molecule has 0 radical (unpaired) electrons. The largest absolute Gasteiger partial charge is 0.383 e. The number of hydrogen-bond acceptors (Lipinski definition) is 3. The predicted molar refractivity (Wildman–Crippen MR) is 45.8 cm³/mol. The van der Waals surface area contributed by atoms with E-state index >= 15 is 0 Å². The number of ether oxygens (including phenoxy) is 2. The second-order valence-corrected chi connectivity index (χ2v) is 3.24. The van der Waals surface area contributed by atoms with Gasteiger partial charge in [0.1, 0.15) is 0 Å². The quantitative estimate of drug-likeness (QED) is 0.580. The molecule has 0 atom stereocenters. The summed E-state index contributed by atoms with van der Waals surface area (Å²) in [5.74, 6) is 0. The Morgan fingerprint density at radius 1 is 1.18 bits per heavy atom. The van der Waals surface area contributed by atoms with Gasteiger partial charge in [0.25, 0.3) is 0 Å². The third-order valence-corrected chi connectivity index (χ3v) is 1.41. The molecule has 0 unspecified atom stereocenters. The van der Waals surface area contributed by atoms with E-state index in [0.717, 1.165) is 19.8 Å². The smallest absolute Gasteiger partial charge is 0.0639 e. The van der Waals surface area contributed by atoms with Crippen molar-refractivity contribution >= 4 is 0 Å². The van der Waals surface area contributed by atoms with Crippen LogP contribution in [0.15, 0.2) is 0 Å². The van der Waals surface area contributed by atoms with Gasteiger partial charge >= 0.3 is 0 Å². The highest BCUT2D eigenvalue weighted by Gasteiger charge is 2.15. The first kappa shape index (κ1) is 10.9. The van der Waals surface area contributed by atoms with Gasteiger partial charge in [-0.15, -0.1) is 0 Å². The Morgan fingerprint density at radius 3 is 2.27 bits per heavy atom. The minimum Gasteiger partial charge on any atom is -0.383 e. The van der Waals surface area contributed by atoms with Crippen molar-refractivity contribution in [2.24, 2.45) is 0 Å². The van der Waals surface area contributed by atoms with Crippen molar-refractivity contribution in [3.05, 3.63) is 0 Å². The standard InChI is InChI=1S/C8H19NO2/c1-8(2,7-11-4)9-5-6-10-3/h9H,5-7H2,1-4H3. The van der Waals surface area contributed by atoms with E-state index in [2.05, 4.69) is 19.2 Å². The maximum Gasteiger partial charge on any atom is 0.0639 e. The topological polar surface area (TPSA) is 30.5 Å². The Hall–Kier alpha value is -0.120. The number of rotatable bonds is 6. The molecular weight excluding hydrogens is 142 g/mol. The van der Waals surface area contributed by atoms with Gasteiger partial charge in [-0.1, -0.05) is 0 Å². The molecule has 0 aromatic heterocycles. The van der Waals surface area contributed by atoms with E-state index in [-0.39, 0.29) is 5.54 Å². The van der Waals surface area contributed by atoms with E-state index in [1.807, 2.05) is 0 Å². The third-order valence-electron chi connectivity index (χ3n) is 1.41. The zero-order valence-corrected chi connectivity index (χ0v) is 7.94. The maximum absolute atomic E-state index is 5.03. The number of hydrogen-bond donors (Lipinski definition) is 1. The monoisotopic (exact) mass is 161 g/mol. The summed E-state index contributed by atoms with van der Waals surface area (Å²) in [6, 6.07) is 0. The van der Waals surface area contributed by atoms with E-state index in [1.165, 1.54) is 0 Å². The molecule has 68 valence electrons. The minimum atomic E-state index is 0.0489. The van der Waals surface area contributed by atoms with E-state index in [4.69, 9.17) is 9.47 Å². The van der Waals surface area contributed by atoms with Crippen LogP contribution in [0.4, 0.5) is 0 Å². The summed E-state index contributed by atoms with van der Waals surface area (Å²) in [5, 5.41) is 3.31. The van der Waals surface area contributed by atoms with Crippen molar-refractivity contribution in [3.8, 4) is 0 Å². The Labute approximate surface area is 69.1 Å². The fraction of sp³-hybridized carbons (Fsp3) is 1.00. The van der Waals surface area contributed by atoms with E-state index < -0.39 is 0 Å². The van der Waals surface area contributed by atoms with E-state index in [1.54, 1.807) is 14.2 Å². The number of methoxy groups -OCH3 is 2. The Bertz CT molecular complexity index is 94.1. The van der Waals surface area contributed by atoms with Gasteiger partial charge in [0, 0.05) is 26.3 Å². The molecule has 0 aliphatic carbocycles. The van der Waals surface area contributed by atoms with Crippen molar-refractivity contribution in [2.45, 2.75) is 19.4 Å². The van der Waals surface area contributed by atoms with Crippen molar-refractivity contribution in [1.29, 1.82) is 0 Å². The molecule has 0 bridgehead atoms. The molecule has 0 aromatic carbocycles. The lowest BCUT2D eigenvalue weighted by Gasteiger charge is -2.24. The third kappa shape index (κ3) is 6.28. The minimum absolute atomic E-state index is 0.0489. The SMILES string of the molecule is COCCNC(C)(C)COC. The highest BCUT2D eigenvalue weighted by atomic mass is 16.5. The summed E-state index contributed by atoms with van der Waals surface area (Å²) >= 11 is 0. The molecular formula is C8H19NO2. The van der Waals surface area contributed by atoms with Crippen LogP contribution in [-0.2, 0) is 9.47 Å². The molecule has 3 nitrogen and oxygen atoms in total. The molecule has 3 heteroatoms. The summed E-state index contributed by atoms with van der Waals surface area (Å²) in [5.41, 5.74) is 0.0489. The molecule has 0 aliphatic heterocycles. The second kappa shape index (κ2) is 5.52. The average molecular weight is 161 g/mol. The lowest BCUT2D eigenvalue weighted by atomic mass is 10.1. The van der Waals surface area contributed by atoms with Gasteiger partial charge in [0.2, 0.25) is 0 Å².